The fourth-order valence-corrected chi connectivity index (χ4v) is 9.14. The lowest BCUT2D eigenvalue weighted by Crippen LogP contribution is -1.93. The zero-order chi connectivity index (χ0) is 39.9. The fourth-order valence-electron chi connectivity index (χ4n) is 9.14. The summed E-state index contributed by atoms with van der Waals surface area (Å²) in [7, 11) is 0. The lowest BCUT2D eigenvalue weighted by Gasteiger charge is -2.12. The number of hydrogen-bond donors (Lipinski definition) is 0. The van der Waals surface area contributed by atoms with Crippen molar-refractivity contribution in [3.63, 3.8) is 0 Å². The van der Waals surface area contributed by atoms with E-state index in [2.05, 4.69) is 196 Å². The van der Waals surface area contributed by atoms with Crippen molar-refractivity contribution in [1.82, 2.24) is 19.9 Å². The molecule has 12 rings (SSSR count). The number of pyridine rings is 4. The Kier molecular flexibility index (Phi) is 7.63. The molecule has 8 aromatic carbocycles. The van der Waals surface area contributed by atoms with Crippen molar-refractivity contribution in [1.29, 1.82) is 0 Å². The van der Waals surface area contributed by atoms with E-state index in [1.165, 1.54) is 43.8 Å². The van der Waals surface area contributed by atoms with E-state index in [9.17, 15) is 0 Å². The molecule has 0 N–H and O–H groups in total. The molecule has 60 heavy (non-hydrogen) atoms. The van der Waals surface area contributed by atoms with Crippen LogP contribution < -0.4 is 0 Å². The highest BCUT2D eigenvalue weighted by Crippen LogP contribution is 2.37. The highest BCUT2D eigenvalue weighted by Gasteiger charge is 2.15. The predicted octanol–water partition coefficient (Wildman–Crippen LogP) is 14.6. The number of aromatic nitrogens is 4. The fraction of sp³-hybridized carbons (Fsp3) is 0.0357. The Bertz CT molecular complexity index is 3510. The number of rotatable bonds is 4. The molecule has 0 amide bonds. The lowest BCUT2D eigenvalue weighted by molar-refractivity contribution is 1.35. The maximum Gasteiger partial charge on any atom is 0.0972 e. The van der Waals surface area contributed by atoms with Crippen LogP contribution >= 0.6 is 0 Å². The van der Waals surface area contributed by atoms with Crippen LogP contribution in [0.2, 0.25) is 0 Å². The van der Waals surface area contributed by atoms with Crippen molar-refractivity contribution in [3.8, 4) is 45.0 Å². The van der Waals surface area contributed by atoms with Gasteiger partial charge in [0.05, 0.1) is 44.8 Å². The minimum absolute atomic E-state index is 0.901. The third-order valence-corrected chi connectivity index (χ3v) is 12.3. The van der Waals surface area contributed by atoms with Crippen LogP contribution in [0.25, 0.3) is 121 Å². The summed E-state index contributed by atoms with van der Waals surface area (Å²) in [4.78, 5) is 21.3. The van der Waals surface area contributed by atoms with Crippen molar-refractivity contribution in [2.24, 2.45) is 0 Å². The van der Waals surface area contributed by atoms with Gasteiger partial charge in [-0.3, -0.25) is 0 Å². The number of hydrogen-bond acceptors (Lipinski definition) is 4. The van der Waals surface area contributed by atoms with Crippen LogP contribution in [-0.2, 0) is 0 Å². The van der Waals surface area contributed by atoms with Gasteiger partial charge in [0.2, 0.25) is 0 Å². The molecule has 0 aliphatic heterocycles. The minimum Gasteiger partial charge on any atom is -0.245 e. The van der Waals surface area contributed by atoms with E-state index in [0.29, 0.717) is 0 Å². The van der Waals surface area contributed by atoms with Gasteiger partial charge in [-0.25, -0.2) is 19.9 Å². The quantitative estimate of drug-likeness (QED) is 0.168. The molecule has 0 saturated carbocycles. The molecule has 0 spiro atoms. The van der Waals surface area contributed by atoms with Crippen molar-refractivity contribution in [2.45, 2.75) is 13.8 Å². The van der Waals surface area contributed by atoms with Crippen LogP contribution in [0.1, 0.15) is 11.1 Å². The summed E-state index contributed by atoms with van der Waals surface area (Å²) < 4.78 is 0. The smallest absolute Gasteiger partial charge is 0.0972 e. The summed E-state index contributed by atoms with van der Waals surface area (Å²) in [5.41, 5.74) is 14.2. The van der Waals surface area contributed by atoms with Gasteiger partial charge in [0, 0.05) is 43.8 Å². The molecule has 0 fully saturated rings. The van der Waals surface area contributed by atoms with Crippen molar-refractivity contribution < 1.29 is 0 Å². The van der Waals surface area contributed by atoms with Gasteiger partial charge < -0.3 is 0 Å². The van der Waals surface area contributed by atoms with Gasteiger partial charge in [-0.1, -0.05) is 146 Å². The molecule has 4 aromatic heterocycles. The monoisotopic (exact) mass is 764 g/mol. The first-order chi connectivity index (χ1) is 29.5. The molecular weight excluding hydrogens is 729 g/mol. The minimum atomic E-state index is 0.901. The summed E-state index contributed by atoms with van der Waals surface area (Å²) in [5, 5.41) is 11.4. The van der Waals surface area contributed by atoms with E-state index in [1.807, 2.05) is 0 Å². The summed E-state index contributed by atoms with van der Waals surface area (Å²) in [5.74, 6) is 0. The molecular formula is C56H36N4. The van der Waals surface area contributed by atoms with Gasteiger partial charge in [0.1, 0.15) is 0 Å². The topological polar surface area (TPSA) is 51.6 Å². The third kappa shape index (κ3) is 5.53. The maximum atomic E-state index is 5.32. The van der Waals surface area contributed by atoms with E-state index < -0.39 is 0 Å². The van der Waals surface area contributed by atoms with Crippen molar-refractivity contribution in [3.05, 3.63) is 193 Å². The lowest BCUT2D eigenvalue weighted by atomic mass is 9.96. The first-order valence-corrected chi connectivity index (χ1v) is 20.5. The Hall–Kier alpha value is -7.82. The normalized spacial score (nSPS) is 11.8. The molecule has 12 aromatic rings. The van der Waals surface area contributed by atoms with E-state index >= 15 is 0 Å². The standard InChI is InChI=1S/C56H36N4/c1-33-11-13-36-7-3-5-9-45(36)51(33)49-29-25-40-19-17-38-23-27-47(57-53(38)55(40)59-49)42-21-15-35-16-22-43(32-44(35)31-42)48-28-24-39-18-20-41-26-30-50(60-56(41)54(39)58-48)52-34(2)12-14-37-8-4-6-10-46(37)52/h3-32H,1-2H3. The predicted molar refractivity (Wildman–Crippen MR) is 251 cm³/mol. The second-order valence-electron chi connectivity index (χ2n) is 15.9. The number of fused-ring (bicyclic) bond motifs is 9. The second kappa shape index (κ2) is 13.4. The number of aryl methyl sites for hydroxylation is 2. The van der Waals surface area contributed by atoms with Gasteiger partial charge >= 0.3 is 0 Å². The van der Waals surface area contributed by atoms with Gasteiger partial charge in [-0.05, 0) is 93.7 Å². The highest BCUT2D eigenvalue weighted by atomic mass is 14.8. The Morgan fingerprint density at radius 1 is 0.267 bits per heavy atom. The largest absolute Gasteiger partial charge is 0.245 e. The SMILES string of the molecule is Cc1ccc2ccccc2c1-c1ccc2ccc3ccc(-c4ccc5ccc(-c6ccc7ccc8ccc(-c9c(C)ccc%10ccccc9%10)nc8c7n6)cc5c4)nc3c2n1. The van der Waals surface area contributed by atoms with Gasteiger partial charge in [-0.2, -0.15) is 0 Å². The average molecular weight is 765 g/mol. The Balaban J connectivity index is 0.950. The van der Waals surface area contributed by atoms with E-state index in [1.54, 1.807) is 0 Å². The van der Waals surface area contributed by atoms with Crippen LogP contribution in [0, 0.1) is 13.8 Å². The molecule has 0 radical (unpaired) electrons. The maximum absolute atomic E-state index is 5.32. The summed E-state index contributed by atoms with van der Waals surface area (Å²) in [6.45, 7) is 4.33. The molecule has 0 atom stereocenters. The summed E-state index contributed by atoms with van der Waals surface area (Å²) in [6, 6.07) is 64.8. The zero-order valence-corrected chi connectivity index (χ0v) is 33.1. The van der Waals surface area contributed by atoms with Crippen LogP contribution in [0.15, 0.2) is 182 Å². The van der Waals surface area contributed by atoms with Crippen molar-refractivity contribution in [2.75, 3.05) is 0 Å². The van der Waals surface area contributed by atoms with Crippen LogP contribution in [-0.4, -0.2) is 19.9 Å². The molecule has 0 saturated heterocycles. The third-order valence-electron chi connectivity index (χ3n) is 12.3. The molecule has 0 unspecified atom stereocenters. The number of nitrogens with zero attached hydrogens (tertiary/aromatic N) is 4. The van der Waals surface area contributed by atoms with Gasteiger partial charge in [0.15, 0.2) is 0 Å². The van der Waals surface area contributed by atoms with Gasteiger partial charge in [0.25, 0.3) is 0 Å². The van der Waals surface area contributed by atoms with E-state index in [4.69, 9.17) is 19.9 Å². The van der Waals surface area contributed by atoms with Gasteiger partial charge in [-0.15, -0.1) is 0 Å². The molecule has 0 aliphatic rings. The highest BCUT2D eigenvalue weighted by molar-refractivity contribution is 6.07. The zero-order valence-electron chi connectivity index (χ0n) is 33.1. The Morgan fingerprint density at radius 2 is 0.600 bits per heavy atom. The second-order valence-corrected chi connectivity index (χ2v) is 15.9. The summed E-state index contributed by atoms with van der Waals surface area (Å²) >= 11 is 0. The Morgan fingerprint density at radius 3 is 1.03 bits per heavy atom. The Labute approximate surface area is 346 Å². The van der Waals surface area contributed by atoms with Crippen molar-refractivity contribution >= 4 is 75.9 Å². The van der Waals surface area contributed by atoms with Crippen LogP contribution in [0.3, 0.4) is 0 Å². The first kappa shape index (κ1) is 34.2. The molecule has 4 heteroatoms. The molecule has 4 nitrogen and oxygen atoms in total. The van der Waals surface area contributed by atoms with Crippen LogP contribution in [0.5, 0.6) is 0 Å². The summed E-state index contributed by atoms with van der Waals surface area (Å²) in [6.07, 6.45) is 0. The average Bonchev–Trinajstić information content (AvgIpc) is 3.30. The number of benzene rings is 8. The molecule has 4 heterocycles. The van der Waals surface area contributed by atoms with E-state index in [-0.39, 0.29) is 0 Å². The van der Waals surface area contributed by atoms with E-state index in [0.717, 1.165) is 88.3 Å². The first-order valence-electron chi connectivity index (χ1n) is 20.5. The molecule has 0 aliphatic carbocycles. The molecule has 280 valence electrons. The molecule has 0 bridgehead atoms. The van der Waals surface area contributed by atoms with Crippen LogP contribution in [0.4, 0.5) is 0 Å².